The molecule has 2 aliphatic carbocycles. The summed E-state index contributed by atoms with van der Waals surface area (Å²) in [4.78, 5) is 0. The standard InChI is InChI=1S/C29H43F3O2/c1-3-17-29(32)18-33-28(34-19-29)24-13-9-21(10-14-24)6-5-20-7-11-23(12-8-20)25-16-15-22(4-2)26(30)27(25)31/h15-16,20-21,23-24,28H,3-14,17-19H2,1-2H3. The van der Waals surface area contributed by atoms with Crippen molar-refractivity contribution >= 4 is 0 Å². The summed E-state index contributed by atoms with van der Waals surface area (Å²) in [7, 11) is 0. The molecule has 0 unspecified atom stereocenters. The molecule has 0 aromatic heterocycles. The van der Waals surface area contributed by atoms with Crippen LogP contribution in [0.15, 0.2) is 12.1 Å². The van der Waals surface area contributed by atoms with Crippen molar-refractivity contribution in [2.24, 2.45) is 17.8 Å². The maximum atomic E-state index is 14.6. The Balaban J connectivity index is 1.15. The number of hydrogen-bond acceptors (Lipinski definition) is 2. The molecule has 0 bridgehead atoms. The van der Waals surface area contributed by atoms with E-state index in [1.807, 2.05) is 19.9 Å². The summed E-state index contributed by atoms with van der Waals surface area (Å²) in [5.41, 5.74) is -0.253. The van der Waals surface area contributed by atoms with E-state index < -0.39 is 17.3 Å². The number of ether oxygens (including phenoxy) is 2. The third kappa shape index (κ3) is 6.19. The smallest absolute Gasteiger partial charge is 0.162 e. The van der Waals surface area contributed by atoms with E-state index in [0.717, 1.165) is 50.9 Å². The highest BCUT2D eigenvalue weighted by Gasteiger charge is 2.40. The fourth-order valence-electron chi connectivity index (χ4n) is 6.59. The lowest BCUT2D eigenvalue weighted by molar-refractivity contribution is -0.257. The molecule has 1 aliphatic heterocycles. The second kappa shape index (κ2) is 11.8. The van der Waals surface area contributed by atoms with Gasteiger partial charge < -0.3 is 9.47 Å². The summed E-state index contributed by atoms with van der Waals surface area (Å²) in [6, 6.07) is 3.58. The topological polar surface area (TPSA) is 18.5 Å². The molecule has 34 heavy (non-hydrogen) atoms. The van der Waals surface area contributed by atoms with Crippen LogP contribution >= 0.6 is 0 Å². The van der Waals surface area contributed by atoms with Crippen molar-refractivity contribution in [1.29, 1.82) is 0 Å². The summed E-state index contributed by atoms with van der Waals surface area (Å²) in [5.74, 6) is 0.749. The van der Waals surface area contributed by atoms with E-state index in [-0.39, 0.29) is 25.4 Å². The molecule has 1 aromatic carbocycles. The van der Waals surface area contributed by atoms with Crippen LogP contribution in [0.4, 0.5) is 13.2 Å². The van der Waals surface area contributed by atoms with Crippen LogP contribution in [0, 0.1) is 29.4 Å². The number of halogens is 3. The first kappa shape index (κ1) is 26.0. The minimum atomic E-state index is -1.31. The molecule has 0 atom stereocenters. The highest BCUT2D eigenvalue weighted by molar-refractivity contribution is 5.29. The quantitative estimate of drug-likeness (QED) is 0.373. The summed E-state index contributed by atoms with van der Waals surface area (Å²) in [6.45, 7) is 4.20. The molecule has 3 aliphatic rings. The molecular weight excluding hydrogens is 437 g/mol. The lowest BCUT2D eigenvalue weighted by Gasteiger charge is -2.40. The van der Waals surface area contributed by atoms with Crippen LogP contribution in [0.1, 0.15) is 108 Å². The van der Waals surface area contributed by atoms with Crippen molar-refractivity contribution in [1.82, 2.24) is 0 Å². The van der Waals surface area contributed by atoms with Crippen LogP contribution in [0.2, 0.25) is 0 Å². The maximum Gasteiger partial charge on any atom is 0.162 e. The van der Waals surface area contributed by atoms with Crippen LogP contribution in [-0.4, -0.2) is 25.2 Å². The Kier molecular flexibility index (Phi) is 9.01. The molecule has 2 saturated carbocycles. The Bertz CT molecular complexity index is 774. The largest absolute Gasteiger partial charge is 0.349 e. The fraction of sp³-hybridized carbons (Fsp3) is 0.793. The van der Waals surface area contributed by atoms with Gasteiger partial charge in [0.25, 0.3) is 0 Å². The molecule has 5 heteroatoms. The third-order valence-electron chi connectivity index (χ3n) is 8.83. The van der Waals surface area contributed by atoms with Gasteiger partial charge in [0.15, 0.2) is 23.6 Å². The zero-order valence-electron chi connectivity index (χ0n) is 21.1. The van der Waals surface area contributed by atoms with E-state index in [4.69, 9.17) is 9.47 Å². The van der Waals surface area contributed by atoms with Gasteiger partial charge in [0.2, 0.25) is 0 Å². The van der Waals surface area contributed by atoms with Crippen molar-refractivity contribution in [2.45, 2.75) is 115 Å². The summed E-state index contributed by atoms with van der Waals surface area (Å²) in [6.07, 6.45) is 12.9. The average Bonchev–Trinajstić information content (AvgIpc) is 2.86. The van der Waals surface area contributed by atoms with Crippen LogP contribution in [0.25, 0.3) is 0 Å². The molecule has 0 spiro atoms. The molecule has 192 valence electrons. The zero-order chi connectivity index (χ0) is 24.1. The van der Waals surface area contributed by atoms with Gasteiger partial charge >= 0.3 is 0 Å². The highest BCUT2D eigenvalue weighted by atomic mass is 19.2. The molecule has 1 aromatic rings. The first-order valence-electron chi connectivity index (χ1n) is 13.8. The molecule has 4 rings (SSSR count). The molecule has 0 N–H and O–H groups in total. The molecule has 1 saturated heterocycles. The maximum absolute atomic E-state index is 14.6. The van der Waals surface area contributed by atoms with E-state index in [1.165, 1.54) is 25.7 Å². The predicted molar refractivity (Wildman–Crippen MR) is 130 cm³/mol. The fourth-order valence-corrected chi connectivity index (χ4v) is 6.59. The summed E-state index contributed by atoms with van der Waals surface area (Å²) >= 11 is 0. The predicted octanol–water partition coefficient (Wildman–Crippen LogP) is 8.27. The van der Waals surface area contributed by atoms with Gasteiger partial charge in [-0.2, -0.15) is 0 Å². The second-order valence-corrected chi connectivity index (χ2v) is 11.3. The summed E-state index contributed by atoms with van der Waals surface area (Å²) < 4.78 is 54.9. The Morgan fingerprint density at radius 3 is 1.97 bits per heavy atom. The van der Waals surface area contributed by atoms with E-state index in [1.54, 1.807) is 6.07 Å². The van der Waals surface area contributed by atoms with Gasteiger partial charge in [-0.15, -0.1) is 0 Å². The monoisotopic (exact) mass is 480 g/mol. The Labute approximate surface area is 204 Å². The van der Waals surface area contributed by atoms with Crippen molar-refractivity contribution in [3.8, 4) is 0 Å². The average molecular weight is 481 g/mol. The van der Waals surface area contributed by atoms with E-state index >= 15 is 0 Å². The SMILES string of the molecule is CCCC1(F)COC(C2CCC(CCC3CCC(c4ccc(CC)c(F)c4F)CC3)CC2)OC1. The van der Waals surface area contributed by atoms with Crippen LogP contribution in [0.5, 0.6) is 0 Å². The molecule has 3 fully saturated rings. The van der Waals surface area contributed by atoms with Crippen molar-refractivity contribution in [3.63, 3.8) is 0 Å². The number of rotatable bonds is 8. The van der Waals surface area contributed by atoms with Gasteiger partial charge in [-0.3, -0.25) is 0 Å². The first-order chi connectivity index (χ1) is 16.4. The lowest BCUT2D eigenvalue weighted by Crippen LogP contribution is -2.46. The van der Waals surface area contributed by atoms with Crippen molar-refractivity contribution in [3.05, 3.63) is 34.9 Å². The Hall–Kier alpha value is -1.07. The molecule has 1 heterocycles. The minimum Gasteiger partial charge on any atom is -0.349 e. The first-order valence-corrected chi connectivity index (χ1v) is 13.8. The Morgan fingerprint density at radius 1 is 0.824 bits per heavy atom. The molecule has 2 nitrogen and oxygen atoms in total. The van der Waals surface area contributed by atoms with Gasteiger partial charge in [0.1, 0.15) is 0 Å². The van der Waals surface area contributed by atoms with Gasteiger partial charge in [0, 0.05) is 5.92 Å². The zero-order valence-corrected chi connectivity index (χ0v) is 21.1. The van der Waals surface area contributed by atoms with Crippen LogP contribution in [0.3, 0.4) is 0 Å². The van der Waals surface area contributed by atoms with Gasteiger partial charge in [-0.05, 0) is 93.1 Å². The van der Waals surface area contributed by atoms with E-state index in [9.17, 15) is 13.2 Å². The lowest BCUT2D eigenvalue weighted by atomic mass is 9.74. The van der Waals surface area contributed by atoms with Gasteiger partial charge in [0.05, 0.1) is 13.2 Å². The van der Waals surface area contributed by atoms with Crippen LogP contribution < -0.4 is 0 Å². The summed E-state index contributed by atoms with van der Waals surface area (Å²) in [5, 5.41) is 0. The molecular formula is C29H43F3O2. The third-order valence-corrected chi connectivity index (χ3v) is 8.83. The number of benzene rings is 1. The van der Waals surface area contributed by atoms with Crippen molar-refractivity contribution in [2.75, 3.05) is 13.2 Å². The van der Waals surface area contributed by atoms with Crippen LogP contribution in [-0.2, 0) is 15.9 Å². The normalized spacial score (nSPS) is 34.8. The van der Waals surface area contributed by atoms with Crippen molar-refractivity contribution < 1.29 is 22.6 Å². The second-order valence-electron chi connectivity index (χ2n) is 11.3. The number of aryl methyl sites for hydroxylation is 1. The van der Waals surface area contributed by atoms with E-state index in [0.29, 0.717) is 35.8 Å². The van der Waals surface area contributed by atoms with Gasteiger partial charge in [-0.1, -0.05) is 45.2 Å². The van der Waals surface area contributed by atoms with Gasteiger partial charge in [-0.25, -0.2) is 13.2 Å². The number of hydrogen-bond donors (Lipinski definition) is 0. The molecule has 0 radical (unpaired) electrons. The van der Waals surface area contributed by atoms with E-state index in [2.05, 4.69) is 0 Å². The minimum absolute atomic E-state index is 0.156. The number of alkyl halides is 1. The highest BCUT2D eigenvalue weighted by Crippen LogP contribution is 2.42. The molecule has 0 amide bonds. The Morgan fingerprint density at radius 2 is 1.41 bits per heavy atom.